The molecule has 1 fully saturated rings. The molecule has 2 aromatic rings. The number of carbonyl (C=O) groups is 2. The Morgan fingerprint density at radius 2 is 2.30 bits per heavy atom. The molecule has 2 heterocycles. The summed E-state index contributed by atoms with van der Waals surface area (Å²) < 4.78 is 0. The van der Waals surface area contributed by atoms with Crippen LogP contribution in [0.25, 0.3) is 0 Å². The zero-order valence-corrected chi connectivity index (χ0v) is 14.2. The highest BCUT2D eigenvalue weighted by molar-refractivity contribution is 7.14. The largest absolute Gasteiger partial charge is 0.326 e. The number of nitrogens with zero attached hydrogens (tertiary/aromatic N) is 2. The maximum Gasteiger partial charge on any atom is 0.230 e. The van der Waals surface area contributed by atoms with E-state index in [1.54, 1.807) is 11.0 Å². The minimum absolute atomic E-state index is 0.102. The topological polar surface area (TPSA) is 62.3 Å². The van der Waals surface area contributed by atoms with Gasteiger partial charge < -0.3 is 5.32 Å². The van der Waals surface area contributed by atoms with Crippen molar-refractivity contribution in [2.45, 2.75) is 26.2 Å². The van der Waals surface area contributed by atoms with Gasteiger partial charge in [0.1, 0.15) is 0 Å². The molecule has 1 aliphatic heterocycles. The lowest BCUT2D eigenvalue weighted by molar-refractivity contribution is -0.117. The summed E-state index contributed by atoms with van der Waals surface area (Å²) in [6.07, 6.45) is 1.61. The van der Waals surface area contributed by atoms with Crippen molar-refractivity contribution >= 4 is 45.6 Å². The van der Waals surface area contributed by atoms with Crippen LogP contribution < -0.4 is 10.2 Å². The fourth-order valence-electron chi connectivity index (χ4n) is 2.39. The third-order valence-corrected chi connectivity index (χ3v) is 4.96. The Morgan fingerprint density at radius 1 is 1.48 bits per heavy atom. The molecule has 0 unspecified atom stereocenters. The van der Waals surface area contributed by atoms with Crippen LogP contribution in [-0.2, 0) is 16.0 Å². The van der Waals surface area contributed by atoms with E-state index in [9.17, 15) is 9.59 Å². The summed E-state index contributed by atoms with van der Waals surface area (Å²) in [4.78, 5) is 29.9. The molecule has 0 spiro atoms. The van der Waals surface area contributed by atoms with Crippen LogP contribution in [-0.4, -0.2) is 23.3 Å². The van der Waals surface area contributed by atoms with E-state index < -0.39 is 0 Å². The van der Waals surface area contributed by atoms with Gasteiger partial charge in [0.2, 0.25) is 11.8 Å². The molecule has 120 valence electrons. The van der Waals surface area contributed by atoms with Crippen LogP contribution in [0.5, 0.6) is 0 Å². The van der Waals surface area contributed by atoms with Gasteiger partial charge in [-0.05, 0) is 31.0 Å². The molecule has 2 amide bonds. The molecule has 5 nitrogen and oxygen atoms in total. The molecule has 0 aliphatic carbocycles. The maximum atomic E-state index is 12.1. The van der Waals surface area contributed by atoms with Gasteiger partial charge in [0.15, 0.2) is 5.13 Å². The molecule has 0 saturated carbocycles. The molecular formula is C16H16ClN3O2S. The summed E-state index contributed by atoms with van der Waals surface area (Å²) in [6.45, 7) is 2.62. The zero-order chi connectivity index (χ0) is 16.4. The smallest absolute Gasteiger partial charge is 0.230 e. The fourth-order valence-corrected chi connectivity index (χ4v) is 3.44. The number of aryl methyl sites for hydroxylation is 1. The van der Waals surface area contributed by atoms with Crippen molar-refractivity contribution in [3.8, 4) is 0 Å². The Kier molecular flexibility index (Phi) is 4.63. The lowest BCUT2D eigenvalue weighted by Gasteiger charge is -2.10. The quantitative estimate of drug-likeness (QED) is 0.920. The second-order valence-electron chi connectivity index (χ2n) is 5.46. The first kappa shape index (κ1) is 16.0. The second-order valence-corrected chi connectivity index (χ2v) is 6.70. The number of carbonyl (C=O) groups excluding carboxylic acids is 2. The lowest BCUT2D eigenvalue weighted by atomic mass is 10.2. The van der Waals surface area contributed by atoms with Crippen molar-refractivity contribution < 1.29 is 9.59 Å². The Hall–Kier alpha value is -1.92. The summed E-state index contributed by atoms with van der Waals surface area (Å²) in [5.74, 6) is -0.0563. The SMILES string of the molecule is Cc1ccc(NC(=O)Cc2csc(N3CCCC3=O)n2)cc1Cl. The number of hydrogen-bond acceptors (Lipinski definition) is 4. The summed E-state index contributed by atoms with van der Waals surface area (Å²) in [5.41, 5.74) is 2.29. The molecule has 1 aliphatic rings. The molecule has 0 atom stereocenters. The summed E-state index contributed by atoms with van der Waals surface area (Å²) >= 11 is 7.44. The van der Waals surface area contributed by atoms with E-state index in [1.807, 2.05) is 24.4 Å². The number of aromatic nitrogens is 1. The van der Waals surface area contributed by atoms with Gasteiger partial charge in [-0.15, -0.1) is 11.3 Å². The number of benzene rings is 1. The van der Waals surface area contributed by atoms with Gasteiger partial charge in [-0.25, -0.2) is 4.98 Å². The summed E-state index contributed by atoms with van der Waals surface area (Å²) in [6, 6.07) is 5.40. The van der Waals surface area contributed by atoms with E-state index in [-0.39, 0.29) is 18.2 Å². The predicted molar refractivity (Wildman–Crippen MR) is 92.2 cm³/mol. The number of anilines is 2. The summed E-state index contributed by atoms with van der Waals surface area (Å²) in [7, 11) is 0. The lowest BCUT2D eigenvalue weighted by Crippen LogP contribution is -2.23. The van der Waals surface area contributed by atoms with Gasteiger partial charge in [0.05, 0.1) is 12.1 Å². The fraction of sp³-hybridized carbons (Fsp3) is 0.312. The standard InChI is InChI=1S/C16H16ClN3O2S/c1-10-4-5-11(7-13(10)17)18-14(21)8-12-9-23-16(19-12)20-6-2-3-15(20)22/h4-5,7,9H,2-3,6,8H2,1H3,(H,18,21). The third-order valence-electron chi connectivity index (χ3n) is 3.64. The van der Waals surface area contributed by atoms with Crippen molar-refractivity contribution in [2.75, 3.05) is 16.8 Å². The van der Waals surface area contributed by atoms with Crippen molar-refractivity contribution in [3.63, 3.8) is 0 Å². The van der Waals surface area contributed by atoms with Gasteiger partial charge in [0, 0.05) is 29.1 Å². The molecule has 0 radical (unpaired) electrons. The first-order valence-corrected chi connectivity index (χ1v) is 8.59. The highest BCUT2D eigenvalue weighted by atomic mass is 35.5. The van der Waals surface area contributed by atoms with E-state index in [2.05, 4.69) is 10.3 Å². The van der Waals surface area contributed by atoms with E-state index in [0.717, 1.165) is 12.0 Å². The van der Waals surface area contributed by atoms with Crippen molar-refractivity contribution in [3.05, 3.63) is 39.9 Å². The van der Waals surface area contributed by atoms with Crippen LogP contribution in [0.15, 0.2) is 23.6 Å². The highest BCUT2D eigenvalue weighted by Crippen LogP contribution is 2.25. The van der Waals surface area contributed by atoms with Gasteiger partial charge in [-0.3, -0.25) is 14.5 Å². The molecule has 23 heavy (non-hydrogen) atoms. The van der Waals surface area contributed by atoms with Crippen LogP contribution in [0.2, 0.25) is 5.02 Å². The molecule has 7 heteroatoms. The number of hydrogen-bond donors (Lipinski definition) is 1. The van der Waals surface area contributed by atoms with Gasteiger partial charge >= 0.3 is 0 Å². The first-order valence-electron chi connectivity index (χ1n) is 7.34. The van der Waals surface area contributed by atoms with Crippen LogP contribution in [0.4, 0.5) is 10.8 Å². The normalized spacial score (nSPS) is 14.3. The number of amides is 2. The van der Waals surface area contributed by atoms with Crippen LogP contribution in [0.1, 0.15) is 24.1 Å². The Balaban J connectivity index is 1.63. The minimum atomic E-state index is -0.158. The second kappa shape index (κ2) is 6.68. The average Bonchev–Trinajstić information content (AvgIpc) is 3.11. The molecule has 3 rings (SSSR count). The Morgan fingerprint density at radius 3 is 3.00 bits per heavy atom. The molecule has 1 saturated heterocycles. The number of thiazole rings is 1. The van der Waals surface area contributed by atoms with E-state index in [4.69, 9.17) is 11.6 Å². The zero-order valence-electron chi connectivity index (χ0n) is 12.6. The summed E-state index contributed by atoms with van der Waals surface area (Å²) in [5, 5.41) is 5.92. The van der Waals surface area contributed by atoms with Gasteiger partial charge in [-0.1, -0.05) is 17.7 Å². The van der Waals surface area contributed by atoms with Crippen LogP contribution in [0, 0.1) is 6.92 Å². The average molecular weight is 350 g/mol. The van der Waals surface area contributed by atoms with E-state index in [0.29, 0.717) is 34.5 Å². The molecule has 1 N–H and O–H groups in total. The van der Waals surface area contributed by atoms with Crippen molar-refractivity contribution in [1.29, 1.82) is 0 Å². The predicted octanol–water partition coefficient (Wildman–Crippen LogP) is 3.41. The monoisotopic (exact) mass is 349 g/mol. The van der Waals surface area contributed by atoms with E-state index >= 15 is 0 Å². The highest BCUT2D eigenvalue weighted by Gasteiger charge is 2.24. The van der Waals surface area contributed by atoms with Crippen LogP contribution >= 0.6 is 22.9 Å². The first-order chi connectivity index (χ1) is 11.0. The molecule has 1 aromatic heterocycles. The molecule has 0 bridgehead atoms. The van der Waals surface area contributed by atoms with Crippen molar-refractivity contribution in [1.82, 2.24) is 4.98 Å². The third kappa shape index (κ3) is 3.71. The minimum Gasteiger partial charge on any atom is -0.326 e. The Bertz CT molecular complexity index is 760. The molecular weight excluding hydrogens is 334 g/mol. The van der Waals surface area contributed by atoms with E-state index in [1.165, 1.54) is 11.3 Å². The molecule has 1 aromatic carbocycles. The Labute approximate surface area is 143 Å². The van der Waals surface area contributed by atoms with Crippen molar-refractivity contribution in [2.24, 2.45) is 0 Å². The number of nitrogens with one attached hydrogen (secondary N) is 1. The number of rotatable bonds is 4. The maximum absolute atomic E-state index is 12.1. The van der Waals surface area contributed by atoms with Gasteiger partial charge in [-0.2, -0.15) is 0 Å². The van der Waals surface area contributed by atoms with Gasteiger partial charge in [0.25, 0.3) is 0 Å². The van der Waals surface area contributed by atoms with Crippen LogP contribution in [0.3, 0.4) is 0 Å². The number of halogens is 1.